The van der Waals surface area contributed by atoms with Gasteiger partial charge in [-0.05, 0) is 40.0 Å². The summed E-state index contributed by atoms with van der Waals surface area (Å²) in [6.07, 6.45) is 5.18. The molecule has 26 heavy (non-hydrogen) atoms. The predicted octanol–water partition coefficient (Wildman–Crippen LogP) is 2.25. The molecule has 2 unspecified atom stereocenters. The molecule has 0 aromatic carbocycles. The molecular weight excluding hydrogens is 324 g/mol. The number of anilines is 2. The van der Waals surface area contributed by atoms with Gasteiger partial charge in [0.25, 0.3) is 0 Å². The molecule has 0 bridgehead atoms. The van der Waals surface area contributed by atoms with Gasteiger partial charge in [-0.15, -0.1) is 0 Å². The Bertz CT molecular complexity index is 850. The lowest BCUT2D eigenvalue weighted by molar-refractivity contribution is 0.533. The molecule has 6 heteroatoms. The summed E-state index contributed by atoms with van der Waals surface area (Å²) in [5, 5.41) is 0. The van der Waals surface area contributed by atoms with E-state index in [0.717, 1.165) is 56.4 Å². The van der Waals surface area contributed by atoms with Crippen LogP contribution in [0.5, 0.6) is 0 Å². The monoisotopic (exact) mass is 350 g/mol. The maximum Gasteiger partial charge on any atom is 0.135 e. The van der Waals surface area contributed by atoms with E-state index in [1.807, 2.05) is 6.92 Å². The molecular formula is C20H26N6. The molecule has 3 aliphatic rings. The van der Waals surface area contributed by atoms with Crippen molar-refractivity contribution in [3.8, 4) is 0 Å². The first-order valence-corrected chi connectivity index (χ1v) is 9.74. The molecule has 0 radical (unpaired) electrons. The quantitative estimate of drug-likeness (QED) is 0.828. The lowest BCUT2D eigenvalue weighted by Gasteiger charge is -2.25. The number of fused-ring (bicyclic) bond motifs is 2. The Hall–Kier alpha value is -2.24. The maximum absolute atomic E-state index is 4.84. The Morgan fingerprint density at radius 1 is 0.846 bits per heavy atom. The first-order valence-electron chi connectivity index (χ1n) is 9.74. The summed E-state index contributed by atoms with van der Waals surface area (Å²) in [5.74, 6) is 4.65. The van der Waals surface area contributed by atoms with Gasteiger partial charge in [0, 0.05) is 60.5 Å². The summed E-state index contributed by atoms with van der Waals surface area (Å²) in [5.41, 5.74) is 5.00. The van der Waals surface area contributed by atoms with Crippen molar-refractivity contribution >= 4 is 11.6 Å². The second-order valence-electron chi connectivity index (χ2n) is 8.11. The second-order valence-corrected chi connectivity index (χ2v) is 8.11. The van der Waals surface area contributed by atoms with Gasteiger partial charge in [-0.3, -0.25) is 0 Å². The molecule has 0 spiro atoms. The molecule has 2 saturated heterocycles. The zero-order chi connectivity index (χ0) is 17.8. The van der Waals surface area contributed by atoms with E-state index >= 15 is 0 Å². The third-order valence-corrected chi connectivity index (χ3v) is 6.42. The molecule has 136 valence electrons. The van der Waals surface area contributed by atoms with Crippen LogP contribution in [0.3, 0.4) is 0 Å². The molecule has 2 aromatic rings. The molecule has 1 aliphatic carbocycles. The number of hydrogen-bond acceptors (Lipinski definition) is 6. The van der Waals surface area contributed by atoms with E-state index in [-0.39, 0.29) is 0 Å². The van der Waals surface area contributed by atoms with E-state index in [9.17, 15) is 0 Å². The maximum atomic E-state index is 4.84. The van der Waals surface area contributed by atoms with Crippen LogP contribution in [0.4, 0.5) is 11.6 Å². The van der Waals surface area contributed by atoms with Gasteiger partial charge in [0.15, 0.2) is 0 Å². The third kappa shape index (κ3) is 2.46. The lowest BCUT2D eigenvalue weighted by atomic mass is 10.0. The van der Waals surface area contributed by atoms with E-state index in [1.165, 1.54) is 29.1 Å². The minimum Gasteiger partial charge on any atom is -0.356 e. The summed E-state index contributed by atoms with van der Waals surface area (Å²) in [7, 11) is 0. The Morgan fingerprint density at radius 3 is 2.27 bits per heavy atom. The number of rotatable bonds is 2. The summed E-state index contributed by atoms with van der Waals surface area (Å²) < 4.78 is 0. The van der Waals surface area contributed by atoms with E-state index in [2.05, 4.69) is 38.6 Å². The van der Waals surface area contributed by atoms with Gasteiger partial charge in [-0.2, -0.15) is 0 Å². The number of nitrogens with zero attached hydrogens (tertiary/aromatic N) is 6. The van der Waals surface area contributed by atoms with Gasteiger partial charge in [0.1, 0.15) is 23.8 Å². The standard InChI is InChI=1S/C20H26N6/c1-12-13(2)21-11-22-19(12)25-7-15-9-26(10-16(15)8-25)20-17-5-4-6-18(17)23-14(3)24-20/h11,15-16H,4-10H2,1-3H3. The number of aryl methyl sites for hydroxylation is 3. The van der Waals surface area contributed by atoms with Gasteiger partial charge >= 0.3 is 0 Å². The first kappa shape index (κ1) is 16.0. The van der Waals surface area contributed by atoms with Gasteiger partial charge in [-0.1, -0.05) is 0 Å². The summed E-state index contributed by atoms with van der Waals surface area (Å²) in [6.45, 7) is 10.6. The van der Waals surface area contributed by atoms with Gasteiger partial charge in [-0.25, -0.2) is 19.9 Å². The third-order valence-electron chi connectivity index (χ3n) is 6.42. The first-order chi connectivity index (χ1) is 12.6. The van der Waals surface area contributed by atoms with E-state index in [4.69, 9.17) is 4.98 Å². The number of hydrogen-bond donors (Lipinski definition) is 0. The minimum atomic E-state index is 0.692. The number of aromatic nitrogens is 4. The summed E-state index contributed by atoms with van der Waals surface area (Å²) in [4.78, 5) is 23.4. The topological polar surface area (TPSA) is 58.0 Å². The largest absolute Gasteiger partial charge is 0.356 e. The molecule has 0 amide bonds. The van der Waals surface area contributed by atoms with Crippen LogP contribution in [0.1, 0.15) is 34.8 Å². The molecule has 2 aliphatic heterocycles. The van der Waals surface area contributed by atoms with Crippen LogP contribution in [0, 0.1) is 32.6 Å². The average molecular weight is 350 g/mol. The zero-order valence-corrected chi connectivity index (χ0v) is 15.9. The molecule has 5 rings (SSSR count). The minimum absolute atomic E-state index is 0.692. The molecule has 0 N–H and O–H groups in total. The van der Waals surface area contributed by atoms with Crippen molar-refractivity contribution in [2.24, 2.45) is 11.8 Å². The van der Waals surface area contributed by atoms with Crippen LogP contribution in [0.15, 0.2) is 6.33 Å². The SMILES string of the molecule is Cc1nc2c(c(N3CC4CN(c5ncnc(C)c5C)CC4C3)n1)CCC2. The van der Waals surface area contributed by atoms with Crippen LogP contribution >= 0.6 is 0 Å². The second kappa shape index (κ2) is 5.89. The fourth-order valence-corrected chi connectivity index (χ4v) is 4.98. The summed E-state index contributed by atoms with van der Waals surface area (Å²) in [6, 6.07) is 0. The molecule has 2 aromatic heterocycles. The van der Waals surface area contributed by atoms with Crippen molar-refractivity contribution in [1.29, 1.82) is 0 Å². The highest BCUT2D eigenvalue weighted by Crippen LogP contribution is 2.38. The van der Waals surface area contributed by atoms with Gasteiger partial charge in [0.05, 0.1) is 0 Å². The Kier molecular flexibility index (Phi) is 3.62. The predicted molar refractivity (Wildman–Crippen MR) is 102 cm³/mol. The highest BCUT2D eigenvalue weighted by Gasteiger charge is 2.42. The van der Waals surface area contributed by atoms with Crippen molar-refractivity contribution in [1.82, 2.24) is 19.9 Å². The average Bonchev–Trinajstić information content (AvgIpc) is 3.30. The molecule has 4 heterocycles. The zero-order valence-electron chi connectivity index (χ0n) is 15.9. The molecule has 6 nitrogen and oxygen atoms in total. The lowest BCUT2D eigenvalue weighted by Crippen LogP contribution is -2.31. The van der Waals surface area contributed by atoms with Crippen molar-refractivity contribution in [3.63, 3.8) is 0 Å². The fourth-order valence-electron chi connectivity index (χ4n) is 4.98. The van der Waals surface area contributed by atoms with E-state index < -0.39 is 0 Å². The van der Waals surface area contributed by atoms with Crippen molar-refractivity contribution in [2.75, 3.05) is 36.0 Å². The Balaban J connectivity index is 1.36. The van der Waals surface area contributed by atoms with Crippen LogP contribution in [-0.4, -0.2) is 46.1 Å². The van der Waals surface area contributed by atoms with Gasteiger partial charge in [0.2, 0.25) is 0 Å². The van der Waals surface area contributed by atoms with Crippen molar-refractivity contribution < 1.29 is 0 Å². The van der Waals surface area contributed by atoms with Crippen LogP contribution < -0.4 is 9.80 Å². The smallest absolute Gasteiger partial charge is 0.135 e. The molecule has 2 fully saturated rings. The Morgan fingerprint density at radius 2 is 1.54 bits per heavy atom. The van der Waals surface area contributed by atoms with E-state index in [1.54, 1.807) is 6.33 Å². The molecule has 0 saturated carbocycles. The van der Waals surface area contributed by atoms with E-state index in [0.29, 0.717) is 11.8 Å². The highest BCUT2D eigenvalue weighted by molar-refractivity contribution is 5.54. The molecule has 2 atom stereocenters. The van der Waals surface area contributed by atoms with Crippen molar-refractivity contribution in [2.45, 2.75) is 40.0 Å². The van der Waals surface area contributed by atoms with Crippen molar-refractivity contribution in [3.05, 3.63) is 34.7 Å². The van der Waals surface area contributed by atoms with Crippen LogP contribution in [0.25, 0.3) is 0 Å². The normalized spacial score (nSPS) is 24.3. The fraction of sp³-hybridized carbons (Fsp3) is 0.600. The Labute approximate surface area is 154 Å². The van der Waals surface area contributed by atoms with Crippen LogP contribution in [0.2, 0.25) is 0 Å². The van der Waals surface area contributed by atoms with Gasteiger partial charge < -0.3 is 9.80 Å². The summed E-state index contributed by atoms with van der Waals surface area (Å²) >= 11 is 0. The highest BCUT2D eigenvalue weighted by atomic mass is 15.3. The van der Waals surface area contributed by atoms with Crippen LogP contribution in [-0.2, 0) is 12.8 Å².